The maximum atomic E-state index is 10.6. The summed E-state index contributed by atoms with van der Waals surface area (Å²) in [7, 11) is 0. The number of nitrogens with one attached hydrogen (secondary N) is 2. The molecule has 0 aromatic carbocycles. The Morgan fingerprint density at radius 3 is 2.67 bits per heavy atom. The maximum Gasteiger partial charge on any atom is 0.323 e. The molecule has 0 aliphatic heterocycles. The molecular weight excluding hydrogens is 194 g/mol. The van der Waals surface area contributed by atoms with Crippen molar-refractivity contribution in [2.24, 2.45) is 5.73 Å². The maximum absolute atomic E-state index is 10.6. The Bertz CT molecular complexity index is 259. The summed E-state index contributed by atoms with van der Waals surface area (Å²) in [5.74, 6) is -0.571. The van der Waals surface area contributed by atoms with E-state index in [1.165, 1.54) is 6.92 Å². The predicted molar refractivity (Wildman–Crippen MR) is 60.0 cm³/mol. The van der Waals surface area contributed by atoms with Crippen LogP contribution in [0.1, 0.15) is 26.7 Å². The molecule has 0 aliphatic rings. The van der Waals surface area contributed by atoms with E-state index in [1.807, 2.05) is 6.08 Å². The number of hydrogen-bond donors (Lipinski definition) is 4. The molecule has 0 aromatic heterocycles. The van der Waals surface area contributed by atoms with Crippen LogP contribution in [-0.2, 0) is 4.79 Å². The summed E-state index contributed by atoms with van der Waals surface area (Å²) < 4.78 is 0. The molecule has 0 amide bonds. The average Bonchev–Trinajstić information content (AvgIpc) is 2.10. The van der Waals surface area contributed by atoms with Gasteiger partial charge in [-0.2, -0.15) is 0 Å². The van der Waals surface area contributed by atoms with Crippen LogP contribution < -0.4 is 11.1 Å². The van der Waals surface area contributed by atoms with Crippen molar-refractivity contribution >= 4 is 11.8 Å². The SMILES string of the molecule is CC(=N)NCC/C=C\CC(C)(N)C(=O)O. The second-order valence-corrected chi connectivity index (χ2v) is 3.74. The fraction of sp³-hybridized carbons (Fsp3) is 0.600. The number of rotatable bonds is 6. The van der Waals surface area contributed by atoms with Crippen molar-refractivity contribution in [3.63, 3.8) is 0 Å². The molecule has 15 heavy (non-hydrogen) atoms. The van der Waals surface area contributed by atoms with Crippen LogP contribution in [0.5, 0.6) is 0 Å². The number of carboxylic acid groups (broad SMARTS) is 1. The van der Waals surface area contributed by atoms with Crippen molar-refractivity contribution in [2.45, 2.75) is 32.2 Å². The fourth-order valence-corrected chi connectivity index (χ4v) is 0.876. The molecule has 1 atom stereocenters. The Balaban J connectivity index is 3.71. The molecule has 5 N–H and O–H groups in total. The molecule has 0 heterocycles. The Morgan fingerprint density at radius 2 is 2.20 bits per heavy atom. The Morgan fingerprint density at radius 1 is 1.60 bits per heavy atom. The Hall–Kier alpha value is -1.36. The van der Waals surface area contributed by atoms with Gasteiger partial charge in [-0.1, -0.05) is 12.2 Å². The molecule has 0 saturated carbocycles. The predicted octanol–water partition coefficient (Wildman–Crippen LogP) is 0.712. The van der Waals surface area contributed by atoms with Crippen LogP contribution >= 0.6 is 0 Å². The van der Waals surface area contributed by atoms with Gasteiger partial charge in [-0.25, -0.2) is 0 Å². The van der Waals surface area contributed by atoms with E-state index in [0.717, 1.165) is 6.42 Å². The van der Waals surface area contributed by atoms with Gasteiger partial charge >= 0.3 is 5.97 Å². The minimum absolute atomic E-state index is 0.311. The molecule has 5 heteroatoms. The van der Waals surface area contributed by atoms with Crippen molar-refractivity contribution in [3.8, 4) is 0 Å². The van der Waals surface area contributed by atoms with Gasteiger partial charge in [-0.15, -0.1) is 0 Å². The van der Waals surface area contributed by atoms with Gasteiger partial charge in [0.25, 0.3) is 0 Å². The van der Waals surface area contributed by atoms with E-state index < -0.39 is 11.5 Å². The van der Waals surface area contributed by atoms with Crippen LogP contribution in [0.25, 0.3) is 0 Å². The van der Waals surface area contributed by atoms with E-state index in [1.54, 1.807) is 13.0 Å². The first-order valence-corrected chi connectivity index (χ1v) is 4.82. The monoisotopic (exact) mass is 213 g/mol. The number of aliphatic carboxylic acids is 1. The third-order valence-corrected chi connectivity index (χ3v) is 1.90. The van der Waals surface area contributed by atoms with E-state index in [9.17, 15) is 4.79 Å². The fourth-order valence-electron chi connectivity index (χ4n) is 0.876. The van der Waals surface area contributed by atoms with Crippen LogP contribution in [-0.4, -0.2) is 29.0 Å². The first-order valence-electron chi connectivity index (χ1n) is 4.82. The second kappa shape index (κ2) is 6.19. The van der Waals surface area contributed by atoms with Gasteiger partial charge in [0.15, 0.2) is 0 Å². The van der Waals surface area contributed by atoms with Crippen LogP contribution in [0.3, 0.4) is 0 Å². The highest BCUT2D eigenvalue weighted by atomic mass is 16.4. The van der Waals surface area contributed by atoms with Crippen molar-refractivity contribution in [1.29, 1.82) is 5.41 Å². The largest absolute Gasteiger partial charge is 0.480 e. The van der Waals surface area contributed by atoms with E-state index >= 15 is 0 Å². The highest BCUT2D eigenvalue weighted by molar-refractivity contribution is 5.78. The molecule has 0 aromatic rings. The Labute approximate surface area is 89.9 Å². The molecule has 0 fully saturated rings. The molecule has 0 bridgehead atoms. The minimum atomic E-state index is -1.19. The lowest BCUT2D eigenvalue weighted by molar-refractivity contribution is -0.142. The zero-order valence-corrected chi connectivity index (χ0v) is 9.21. The smallest absolute Gasteiger partial charge is 0.323 e. The summed E-state index contributed by atoms with van der Waals surface area (Å²) in [4.78, 5) is 10.6. The molecule has 0 radical (unpaired) electrons. The quantitative estimate of drug-likeness (QED) is 0.226. The summed E-state index contributed by atoms with van der Waals surface area (Å²) in [5, 5.41) is 18.7. The van der Waals surface area contributed by atoms with E-state index in [-0.39, 0.29) is 0 Å². The number of hydrogen-bond acceptors (Lipinski definition) is 3. The van der Waals surface area contributed by atoms with Crippen LogP contribution in [0, 0.1) is 5.41 Å². The van der Waals surface area contributed by atoms with Crippen molar-refractivity contribution in [1.82, 2.24) is 5.32 Å². The lowest BCUT2D eigenvalue weighted by atomic mass is 9.99. The number of amidine groups is 1. The molecule has 0 rings (SSSR count). The average molecular weight is 213 g/mol. The summed E-state index contributed by atoms with van der Waals surface area (Å²) in [6, 6.07) is 0. The first kappa shape index (κ1) is 13.6. The van der Waals surface area contributed by atoms with Gasteiger partial charge in [0.2, 0.25) is 0 Å². The van der Waals surface area contributed by atoms with E-state index in [2.05, 4.69) is 5.32 Å². The van der Waals surface area contributed by atoms with Gasteiger partial charge in [0, 0.05) is 6.54 Å². The second-order valence-electron chi connectivity index (χ2n) is 3.74. The number of carboxylic acids is 1. The van der Waals surface area contributed by atoms with Gasteiger partial charge in [0.05, 0.1) is 5.84 Å². The molecule has 0 aliphatic carbocycles. The molecule has 0 spiro atoms. The summed E-state index contributed by atoms with van der Waals surface area (Å²) in [6.45, 7) is 3.84. The third-order valence-electron chi connectivity index (χ3n) is 1.90. The Kier molecular flexibility index (Phi) is 5.62. The summed E-state index contributed by atoms with van der Waals surface area (Å²) >= 11 is 0. The standard InChI is InChI=1S/C10H19N3O2/c1-8(11)13-7-5-3-4-6-10(2,12)9(14)15/h3-4H,5-7,12H2,1-2H3,(H2,11,13)(H,14,15)/b4-3-. The highest BCUT2D eigenvalue weighted by Gasteiger charge is 2.25. The van der Waals surface area contributed by atoms with Gasteiger partial charge in [-0.3, -0.25) is 10.2 Å². The van der Waals surface area contributed by atoms with E-state index in [4.69, 9.17) is 16.2 Å². The van der Waals surface area contributed by atoms with Gasteiger partial charge < -0.3 is 16.2 Å². The first-order chi connectivity index (χ1) is 6.86. The molecular formula is C10H19N3O2. The molecule has 5 nitrogen and oxygen atoms in total. The summed E-state index contributed by atoms with van der Waals surface area (Å²) in [5.41, 5.74) is 4.33. The zero-order chi connectivity index (χ0) is 11.9. The van der Waals surface area contributed by atoms with Crippen LogP contribution in [0.4, 0.5) is 0 Å². The van der Waals surface area contributed by atoms with Gasteiger partial charge in [0.1, 0.15) is 5.54 Å². The summed E-state index contributed by atoms with van der Waals surface area (Å²) in [6.07, 6.45) is 4.69. The lowest BCUT2D eigenvalue weighted by Crippen LogP contribution is -2.44. The van der Waals surface area contributed by atoms with Crippen LogP contribution in [0.15, 0.2) is 12.2 Å². The number of carbonyl (C=O) groups is 1. The van der Waals surface area contributed by atoms with E-state index in [0.29, 0.717) is 18.8 Å². The van der Waals surface area contributed by atoms with Crippen molar-refractivity contribution < 1.29 is 9.90 Å². The highest BCUT2D eigenvalue weighted by Crippen LogP contribution is 2.06. The molecule has 1 unspecified atom stereocenters. The minimum Gasteiger partial charge on any atom is -0.480 e. The normalized spacial score (nSPS) is 14.9. The zero-order valence-electron chi connectivity index (χ0n) is 9.21. The lowest BCUT2D eigenvalue weighted by Gasteiger charge is -2.16. The topological polar surface area (TPSA) is 99.2 Å². The van der Waals surface area contributed by atoms with Gasteiger partial charge in [-0.05, 0) is 26.7 Å². The van der Waals surface area contributed by atoms with Crippen molar-refractivity contribution in [2.75, 3.05) is 6.54 Å². The third kappa shape index (κ3) is 6.68. The molecule has 0 saturated heterocycles. The van der Waals surface area contributed by atoms with Crippen LogP contribution in [0.2, 0.25) is 0 Å². The number of nitrogens with two attached hydrogens (primary N) is 1. The molecule has 86 valence electrons. The van der Waals surface area contributed by atoms with Crippen molar-refractivity contribution in [3.05, 3.63) is 12.2 Å².